The first-order valence-corrected chi connectivity index (χ1v) is 8.32. The van der Waals surface area contributed by atoms with Crippen molar-refractivity contribution < 1.29 is 9.59 Å². The monoisotopic (exact) mass is 337 g/mol. The van der Waals surface area contributed by atoms with E-state index in [-0.39, 0.29) is 12.3 Å². The van der Waals surface area contributed by atoms with Crippen molar-refractivity contribution in [3.8, 4) is 0 Å². The standard InChI is InChI=1S/C17H24ClN3O2/c1-11-7-12(2)10-21(9-11)16(22)8-15(20-17(19)23)13-3-5-14(18)6-4-13/h3-6,11-12,15H,7-10H2,1-2H3,(H3,19,20,23). The number of hydrogen-bond donors (Lipinski definition) is 2. The van der Waals surface area contributed by atoms with E-state index in [4.69, 9.17) is 17.3 Å². The molecule has 1 aromatic rings. The summed E-state index contributed by atoms with van der Waals surface area (Å²) in [5, 5.41) is 3.26. The fourth-order valence-corrected chi connectivity index (χ4v) is 3.42. The third-order valence-electron chi connectivity index (χ3n) is 4.19. The van der Waals surface area contributed by atoms with Gasteiger partial charge in [-0.2, -0.15) is 0 Å². The summed E-state index contributed by atoms with van der Waals surface area (Å²) in [5.74, 6) is 1.04. The predicted molar refractivity (Wildman–Crippen MR) is 91.1 cm³/mol. The molecule has 0 radical (unpaired) electrons. The molecule has 1 aliphatic heterocycles. The van der Waals surface area contributed by atoms with Gasteiger partial charge >= 0.3 is 6.03 Å². The zero-order valence-electron chi connectivity index (χ0n) is 13.6. The summed E-state index contributed by atoms with van der Waals surface area (Å²) < 4.78 is 0. The summed E-state index contributed by atoms with van der Waals surface area (Å²) in [6.45, 7) is 5.86. The molecule has 0 spiro atoms. The topological polar surface area (TPSA) is 75.4 Å². The molecule has 1 aromatic carbocycles. The molecule has 5 nitrogen and oxygen atoms in total. The molecule has 0 aromatic heterocycles. The highest BCUT2D eigenvalue weighted by Crippen LogP contribution is 2.24. The fourth-order valence-electron chi connectivity index (χ4n) is 3.29. The summed E-state index contributed by atoms with van der Waals surface area (Å²) >= 11 is 5.89. The van der Waals surface area contributed by atoms with Crippen molar-refractivity contribution >= 4 is 23.5 Å². The van der Waals surface area contributed by atoms with Gasteiger partial charge in [-0.05, 0) is 36.0 Å². The summed E-state index contributed by atoms with van der Waals surface area (Å²) in [5.41, 5.74) is 6.08. The van der Waals surface area contributed by atoms with Crippen LogP contribution in [0.3, 0.4) is 0 Å². The van der Waals surface area contributed by atoms with Crippen LogP contribution in [0.5, 0.6) is 0 Å². The SMILES string of the molecule is CC1CC(C)CN(C(=O)CC(NC(N)=O)c2ccc(Cl)cc2)C1. The van der Waals surface area contributed by atoms with E-state index in [1.54, 1.807) is 24.3 Å². The molecule has 0 bridgehead atoms. The Morgan fingerprint density at radius 3 is 2.35 bits per heavy atom. The predicted octanol–water partition coefficient (Wildman–Crippen LogP) is 2.94. The summed E-state index contributed by atoms with van der Waals surface area (Å²) in [6.07, 6.45) is 1.34. The molecule has 23 heavy (non-hydrogen) atoms. The molecule has 3 N–H and O–H groups in total. The van der Waals surface area contributed by atoms with Crippen molar-refractivity contribution in [3.05, 3.63) is 34.9 Å². The van der Waals surface area contributed by atoms with Crippen LogP contribution in [0.1, 0.15) is 38.3 Å². The summed E-state index contributed by atoms with van der Waals surface area (Å²) in [6, 6.07) is 6.00. The number of benzene rings is 1. The van der Waals surface area contributed by atoms with Crippen LogP contribution in [-0.2, 0) is 4.79 Å². The second-order valence-corrected chi connectivity index (χ2v) is 7.00. The number of nitrogens with zero attached hydrogens (tertiary/aromatic N) is 1. The van der Waals surface area contributed by atoms with E-state index < -0.39 is 12.1 Å². The fraction of sp³-hybridized carbons (Fsp3) is 0.529. The van der Waals surface area contributed by atoms with Crippen LogP contribution in [0.25, 0.3) is 0 Å². The molecule has 126 valence electrons. The van der Waals surface area contributed by atoms with E-state index in [9.17, 15) is 9.59 Å². The first-order chi connectivity index (χ1) is 10.8. The minimum Gasteiger partial charge on any atom is -0.352 e. The second-order valence-electron chi connectivity index (χ2n) is 6.56. The molecule has 3 unspecified atom stereocenters. The Morgan fingerprint density at radius 1 is 1.26 bits per heavy atom. The minimum absolute atomic E-state index is 0.0390. The van der Waals surface area contributed by atoms with Gasteiger partial charge in [0.2, 0.25) is 5.91 Å². The quantitative estimate of drug-likeness (QED) is 0.886. The number of halogens is 1. The van der Waals surface area contributed by atoms with Crippen LogP contribution in [0.4, 0.5) is 4.79 Å². The molecule has 0 aliphatic carbocycles. The van der Waals surface area contributed by atoms with E-state index >= 15 is 0 Å². The largest absolute Gasteiger partial charge is 0.352 e. The van der Waals surface area contributed by atoms with E-state index in [2.05, 4.69) is 19.2 Å². The Bertz CT molecular complexity index is 551. The van der Waals surface area contributed by atoms with Crippen LogP contribution in [-0.4, -0.2) is 29.9 Å². The van der Waals surface area contributed by atoms with Gasteiger partial charge in [0, 0.05) is 18.1 Å². The second kappa shape index (κ2) is 7.68. The molecule has 1 saturated heterocycles. The molecule has 1 heterocycles. The number of piperidine rings is 1. The first kappa shape index (κ1) is 17.6. The maximum absolute atomic E-state index is 12.6. The Balaban J connectivity index is 2.09. The van der Waals surface area contributed by atoms with Gasteiger partial charge in [0.05, 0.1) is 12.5 Å². The first-order valence-electron chi connectivity index (χ1n) is 7.94. The zero-order valence-corrected chi connectivity index (χ0v) is 14.3. The molecule has 2 rings (SSSR count). The molecule has 0 saturated carbocycles. The van der Waals surface area contributed by atoms with Gasteiger partial charge in [-0.15, -0.1) is 0 Å². The van der Waals surface area contributed by atoms with Gasteiger partial charge < -0.3 is 16.0 Å². The number of hydrogen-bond acceptors (Lipinski definition) is 2. The molecule has 1 fully saturated rings. The highest BCUT2D eigenvalue weighted by molar-refractivity contribution is 6.30. The normalized spacial score (nSPS) is 22.5. The molecular formula is C17H24ClN3O2. The van der Waals surface area contributed by atoms with E-state index in [0.717, 1.165) is 25.1 Å². The maximum atomic E-state index is 12.6. The zero-order chi connectivity index (χ0) is 17.0. The van der Waals surface area contributed by atoms with Gasteiger partial charge in [0.15, 0.2) is 0 Å². The van der Waals surface area contributed by atoms with Gasteiger partial charge in [-0.1, -0.05) is 37.6 Å². The minimum atomic E-state index is -0.641. The highest BCUT2D eigenvalue weighted by atomic mass is 35.5. The van der Waals surface area contributed by atoms with E-state index in [1.807, 2.05) is 4.90 Å². The van der Waals surface area contributed by atoms with Gasteiger partial charge in [-0.3, -0.25) is 4.79 Å². The number of amides is 3. The van der Waals surface area contributed by atoms with Gasteiger partial charge in [-0.25, -0.2) is 4.79 Å². The van der Waals surface area contributed by atoms with Crippen molar-refractivity contribution in [2.75, 3.05) is 13.1 Å². The number of rotatable bonds is 4. The average Bonchev–Trinajstić information content (AvgIpc) is 2.45. The van der Waals surface area contributed by atoms with Crippen molar-refractivity contribution in [1.29, 1.82) is 0 Å². The summed E-state index contributed by atoms with van der Waals surface area (Å²) in [7, 11) is 0. The van der Waals surface area contributed by atoms with Crippen molar-refractivity contribution in [3.63, 3.8) is 0 Å². The number of nitrogens with one attached hydrogen (secondary N) is 1. The van der Waals surface area contributed by atoms with Crippen LogP contribution in [0.2, 0.25) is 5.02 Å². The lowest BCUT2D eigenvalue weighted by Gasteiger charge is -2.35. The molecule has 6 heteroatoms. The number of primary amides is 1. The Kier molecular flexibility index (Phi) is 5.88. The van der Waals surface area contributed by atoms with E-state index in [0.29, 0.717) is 16.9 Å². The van der Waals surface area contributed by atoms with Gasteiger partial charge in [0.25, 0.3) is 0 Å². The number of carbonyl (C=O) groups is 2. The third-order valence-corrected chi connectivity index (χ3v) is 4.44. The molecule has 3 amide bonds. The van der Waals surface area contributed by atoms with Crippen molar-refractivity contribution in [2.45, 2.75) is 32.7 Å². The average molecular weight is 338 g/mol. The van der Waals surface area contributed by atoms with Crippen LogP contribution < -0.4 is 11.1 Å². The lowest BCUT2D eigenvalue weighted by molar-refractivity contribution is -0.134. The number of urea groups is 1. The lowest BCUT2D eigenvalue weighted by Crippen LogP contribution is -2.44. The van der Waals surface area contributed by atoms with Gasteiger partial charge in [0.1, 0.15) is 0 Å². The number of likely N-dealkylation sites (tertiary alicyclic amines) is 1. The van der Waals surface area contributed by atoms with Crippen LogP contribution in [0.15, 0.2) is 24.3 Å². The Morgan fingerprint density at radius 2 is 1.83 bits per heavy atom. The molecular weight excluding hydrogens is 314 g/mol. The Hall–Kier alpha value is -1.75. The van der Waals surface area contributed by atoms with Crippen LogP contribution in [0, 0.1) is 11.8 Å². The van der Waals surface area contributed by atoms with E-state index in [1.165, 1.54) is 0 Å². The number of carbonyl (C=O) groups excluding carboxylic acids is 2. The summed E-state index contributed by atoms with van der Waals surface area (Å²) in [4.78, 5) is 25.8. The highest BCUT2D eigenvalue weighted by Gasteiger charge is 2.27. The van der Waals surface area contributed by atoms with Crippen molar-refractivity contribution in [2.24, 2.45) is 17.6 Å². The number of nitrogens with two attached hydrogens (primary N) is 1. The molecule has 1 aliphatic rings. The smallest absolute Gasteiger partial charge is 0.312 e. The third kappa shape index (κ3) is 5.13. The Labute approximate surface area is 142 Å². The lowest BCUT2D eigenvalue weighted by atomic mass is 9.91. The van der Waals surface area contributed by atoms with Crippen molar-refractivity contribution in [1.82, 2.24) is 10.2 Å². The molecule has 3 atom stereocenters. The maximum Gasteiger partial charge on any atom is 0.312 e. The van der Waals surface area contributed by atoms with Crippen LogP contribution >= 0.6 is 11.6 Å².